The van der Waals surface area contributed by atoms with Gasteiger partial charge < -0.3 is 0 Å². The van der Waals surface area contributed by atoms with Crippen molar-refractivity contribution in [1.29, 1.82) is 0 Å². The molecule has 0 aromatic rings. The van der Waals surface area contributed by atoms with Gasteiger partial charge in [-0.25, -0.2) is 5.11 Å². The van der Waals surface area contributed by atoms with E-state index in [9.17, 15) is 5.11 Å². The molecule has 0 N–H and O–H groups in total. The largest absolute Gasteiger partial charge is 0.236 e. The van der Waals surface area contributed by atoms with Gasteiger partial charge in [-0.1, -0.05) is 51.9 Å². The number of thioether (sulfide) groups is 1. The summed E-state index contributed by atoms with van der Waals surface area (Å²) in [6, 6.07) is 0. The fourth-order valence-corrected chi connectivity index (χ4v) is 2.23. The lowest BCUT2D eigenvalue weighted by atomic mass is 10.1. The Morgan fingerprint density at radius 1 is 0.786 bits per heavy atom. The van der Waals surface area contributed by atoms with Crippen LogP contribution in [0.3, 0.4) is 0 Å². The summed E-state index contributed by atoms with van der Waals surface area (Å²) in [6.07, 6.45) is 11.0. The normalized spacial score (nSPS) is 10.7. The molecule has 0 saturated carbocycles. The van der Waals surface area contributed by atoms with Crippen LogP contribution in [0, 0.1) is 0 Å². The summed E-state index contributed by atoms with van der Waals surface area (Å²) in [5, 5.41) is 10.1. The van der Waals surface area contributed by atoms with E-state index in [1.807, 2.05) is 11.8 Å². The van der Waals surface area contributed by atoms with Gasteiger partial charge >= 0.3 is 0 Å². The van der Waals surface area contributed by atoms with E-state index in [0.717, 1.165) is 5.75 Å². The Balaban J connectivity index is 2.78. The van der Waals surface area contributed by atoms with Crippen molar-refractivity contribution in [3.05, 3.63) is 0 Å². The van der Waals surface area contributed by atoms with Crippen molar-refractivity contribution in [2.45, 2.75) is 58.3 Å². The molecule has 85 valence electrons. The Kier molecular flexibility index (Phi) is 13.6. The molecule has 0 heterocycles. The Morgan fingerprint density at radius 3 is 1.93 bits per heavy atom. The van der Waals surface area contributed by atoms with Gasteiger partial charge in [0, 0.05) is 5.75 Å². The van der Waals surface area contributed by atoms with E-state index in [-0.39, 0.29) is 6.61 Å². The SMILES string of the molecule is CCCCCCCCCCSCC[O]. The summed E-state index contributed by atoms with van der Waals surface area (Å²) in [5.74, 6) is 1.99. The zero-order valence-electron chi connectivity index (χ0n) is 9.59. The van der Waals surface area contributed by atoms with Crippen LogP contribution in [0.1, 0.15) is 58.3 Å². The van der Waals surface area contributed by atoms with E-state index in [1.54, 1.807) is 0 Å². The fourth-order valence-electron chi connectivity index (χ4n) is 1.50. The van der Waals surface area contributed by atoms with E-state index < -0.39 is 0 Å². The van der Waals surface area contributed by atoms with Crippen LogP contribution in [-0.4, -0.2) is 18.1 Å². The maximum Gasteiger partial charge on any atom is 0.0912 e. The van der Waals surface area contributed by atoms with E-state index in [2.05, 4.69) is 6.92 Å². The molecule has 14 heavy (non-hydrogen) atoms. The molecule has 1 radical (unpaired) electrons. The number of rotatable bonds is 11. The molecule has 2 heteroatoms. The van der Waals surface area contributed by atoms with Gasteiger partial charge in [0.15, 0.2) is 0 Å². The molecule has 0 amide bonds. The maximum atomic E-state index is 10.1. The summed E-state index contributed by atoms with van der Waals surface area (Å²) >= 11 is 1.81. The molecule has 0 aliphatic rings. The van der Waals surface area contributed by atoms with E-state index in [0.29, 0.717) is 0 Å². The zero-order chi connectivity index (χ0) is 10.5. The summed E-state index contributed by atoms with van der Waals surface area (Å²) in [6.45, 7) is 2.34. The molecular weight excluding hydrogens is 192 g/mol. The molecule has 0 aromatic heterocycles. The van der Waals surface area contributed by atoms with E-state index >= 15 is 0 Å². The number of hydrogen-bond acceptors (Lipinski definition) is 1. The highest BCUT2D eigenvalue weighted by Gasteiger charge is 1.92. The summed E-state index contributed by atoms with van der Waals surface area (Å²) < 4.78 is 0. The van der Waals surface area contributed by atoms with Gasteiger partial charge in [-0.05, 0) is 12.2 Å². The van der Waals surface area contributed by atoms with Crippen LogP contribution in [0.5, 0.6) is 0 Å². The Labute approximate surface area is 93.7 Å². The first kappa shape index (κ1) is 14.3. The van der Waals surface area contributed by atoms with Crippen molar-refractivity contribution in [1.82, 2.24) is 0 Å². The predicted molar refractivity (Wildman–Crippen MR) is 65.5 cm³/mol. The van der Waals surface area contributed by atoms with Gasteiger partial charge in [0.25, 0.3) is 0 Å². The van der Waals surface area contributed by atoms with Gasteiger partial charge in [0.05, 0.1) is 6.61 Å². The second kappa shape index (κ2) is 13.3. The predicted octanol–water partition coefficient (Wildman–Crippen LogP) is 4.29. The van der Waals surface area contributed by atoms with Gasteiger partial charge in [-0.2, -0.15) is 11.8 Å². The first-order chi connectivity index (χ1) is 6.91. The first-order valence-electron chi connectivity index (χ1n) is 6.07. The molecule has 0 bridgehead atoms. The third kappa shape index (κ3) is 12.3. The number of hydrogen-bond donors (Lipinski definition) is 0. The molecular formula is C12H25OS. The molecule has 0 spiro atoms. The highest BCUT2D eigenvalue weighted by atomic mass is 32.2. The van der Waals surface area contributed by atoms with Crippen molar-refractivity contribution in [2.24, 2.45) is 0 Å². The minimum Gasteiger partial charge on any atom is -0.236 e. The van der Waals surface area contributed by atoms with Crippen LogP contribution in [0.25, 0.3) is 0 Å². The fraction of sp³-hybridized carbons (Fsp3) is 1.00. The molecule has 0 rings (SSSR count). The van der Waals surface area contributed by atoms with Gasteiger partial charge in [0.1, 0.15) is 0 Å². The first-order valence-corrected chi connectivity index (χ1v) is 7.23. The highest BCUT2D eigenvalue weighted by Crippen LogP contribution is 2.10. The molecule has 0 aromatic carbocycles. The van der Waals surface area contributed by atoms with Crippen LogP contribution in [0.4, 0.5) is 0 Å². The minimum atomic E-state index is 0.0850. The van der Waals surface area contributed by atoms with Crippen LogP contribution < -0.4 is 0 Å². The van der Waals surface area contributed by atoms with Crippen molar-refractivity contribution in [3.63, 3.8) is 0 Å². The Morgan fingerprint density at radius 2 is 1.36 bits per heavy atom. The molecule has 0 saturated heterocycles. The average molecular weight is 217 g/mol. The zero-order valence-corrected chi connectivity index (χ0v) is 10.4. The molecule has 1 nitrogen and oxygen atoms in total. The van der Waals surface area contributed by atoms with Crippen LogP contribution in [0.2, 0.25) is 0 Å². The van der Waals surface area contributed by atoms with Crippen LogP contribution in [0.15, 0.2) is 0 Å². The van der Waals surface area contributed by atoms with Crippen molar-refractivity contribution >= 4 is 11.8 Å². The van der Waals surface area contributed by atoms with Crippen molar-refractivity contribution < 1.29 is 5.11 Å². The molecule has 0 fully saturated rings. The molecule has 0 unspecified atom stereocenters. The average Bonchev–Trinajstić information content (AvgIpc) is 2.21. The third-order valence-corrected chi connectivity index (χ3v) is 3.40. The van der Waals surface area contributed by atoms with Crippen LogP contribution in [-0.2, 0) is 5.11 Å². The summed E-state index contributed by atoms with van der Waals surface area (Å²) in [7, 11) is 0. The maximum absolute atomic E-state index is 10.1. The smallest absolute Gasteiger partial charge is 0.0912 e. The quantitative estimate of drug-likeness (QED) is 0.473. The van der Waals surface area contributed by atoms with Gasteiger partial charge in [-0.3, -0.25) is 0 Å². The topological polar surface area (TPSA) is 19.9 Å². The second-order valence-corrected chi connectivity index (χ2v) is 5.02. The Bertz CT molecular complexity index is 84.3. The second-order valence-electron chi connectivity index (χ2n) is 3.79. The molecule has 0 aliphatic heterocycles. The van der Waals surface area contributed by atoms with Crippen LogP contribution >= 0.6 is 11.8 Å². The monoisotopic (exact) mass is 217 g/mol. The van der Waals surface area contributed by atoms with Crippen molar-refractivity contribution in [3.8, 4) is 0 Å². The summed E-state index contributed by atoms with van der Waals surface area (Å²) in [5.41, 5.74) is 0. The molecule has 0 aliphatic carbocycles. The lowest BCUT2D eigenvalue weighted by molar-refractivity contribution is 0.215. The summed E-state index contributed by atoms with van der Waals surface area (Å²) in [4.78, 5) is 0. The molecule has 0 atom stereocenters. The third-order valence-electron chi connectivity index (χ3n) is 2.37. The Hall–Kier alpha value is 0.310. The van der Waals surface area contributed by atoms with E-state index in [4.69, 9.17) is 0 Å². The highest BCUT2D eigenvalue weighted by molar-refractivity contribution is 7.99. The van der Waals surface area contributed by atoms with E-state index in [1.165, 1.54) is 57.1 Å². The van der Waals surface area contributed by atoms with Crippen molar-refractivity contribution in [2.75, 3.05) is 18.1 Å². The lowest BCUT2D eigenvalue weighted by Gasteiger charge is -2.01. The van der Waals surface area contributed by atoms with Gasteiger partial charge in [-0.15, -0.1) is 0 Å². The standard InChI is InChI=1S/C12H25OS/c1-2-3-4-5-6-7-8-9-11-14-12-10-13/h2-12H2,1H3. The number of unbranched alkanes of at least 4 members (excludes halogenated alkanes) is 7. The minimum absolute atomic E-state index is 0.0850. The lowest BCUT2D eigenvalue weighted by Crippen LogP contribution is -1.87. The van der Waals surface area contributed by atoms with Gasteiger partial charge in [0.2, 0.25) is 0 Å².